The second-order valence-corrected chi connectivity index (χ2v) is 15.1. The van der Waals surface area contributed by atoms with Crippen LogP contribution in [0.2, 0.25) is 0 Å². The maximum atomic E-state index is 17.1. The van der Waals surface area contributed by atoms with E-state index < -0.39 is 50.6 Å². The van der Waals surface area contributed by atoms with E-state index in [9.17, 15) is 22.0 Å². The first-order valence-corrected chi connectivity index (χ1v) is 16.1. The topological polar surface area (TPSA) is 115 Å². The zero-order chi connectivity index (χ0) is 32.5. The highest BCUT2D eigenvalue weighted by atomic mass is 32.2. The molecule has 3 aromatic heterocycles. The van der Waals surface area contributed by atoms with E-state index in [-0.39, 0.29) is 64.8 Å². The number of anilines is 1. The number of benzene rings is 1. The van der Waals surface area contributed by atoms with E-state index in [1.807, 2.05) is 0 Å². The van der Waals surface area contributed by atoms with Crippen LogP contribution in [0, 0.1) is 18.3 Å². The van der Waals surface area contributed by atoms with Crippen LogP contribution in [0.1, 0.15) is 63.9 Å². The number of sulfone groups is 1. The first-order chi connectivity index (χ1) is 21.1. The van der Waals surface area contributed by atoms with Crippen LogP contribution in [-0.2, 0) is 20.3 Å². The van der Waals surface area contributed by atoms with E-state index in [2.05, 4.69) is 20.9 Å². The van der Waals surface area contributed by atoms with Crippen molar-refractivity contribution >= 4 is 43.5 Å². The summed E-state index contributed by atoms with van der Waals surface area (Å²) in [5.74, 6) is 0.0752. The number of fused-ring (bicyclic) bond motifs is 3. The molecular weight excluding hydrogens is 609 g/mol. The molecule has 2 fully saturated rings. The molecule has 2 aliphatic rings. The first-order valence-electron chi connectivity index (χ1n) is 14.4. The Balaban J connectivity index is 1.41. The van der Waals surface area contributed by atoms with E-state index in [0.717, 1.165) is 0 Å². The lowest BCUT2D eigenvalue weighted by Gasteiger charge is -2.44. The molecule has 4 atom stereocenters. The molecule has 1 aromatic carbocycles. The number of rotatable bonds is 6. The average molecular weight is 641 g/mol. The summed E-state index contributed by atoms with van der Waals surface area (Å²) in [7, 11) is -3.59. The molecule has 6 rings (SSSR count). The Morgan fingerprint density at radius 2 is 1.98 bits per heavy atom. The summed E-state index contributed by atoms with van der Waals surface area (Å²) >= 11 is 0. The van der Waals surface area contributed by atoms with Crippen LogP contribution in [0.3, 0.4) is 0 Å². The molecule has 236 valence electrons. The van der Waals surface area contributed by atoms with Crippen LogP contribution < -0.4 is 9.64 Å². The number of ether oxygens (including phenoxy) is 1. The van der Waals surface area contributed by atoms with Crippen molar-refractivity contribution in [3.63, 3.8) is 0 Å². The summed E-state index contributed by atoms with van der Waals surface area (Å²) in [4.78, 5) is 27.0. The minimum Gasteiger partial charge on any atom is -0.472 e. The number of carbonyl (C=O) groups excluding carboxylic acids is 1. The molecule has 5 heterocycles. The van der Waals surface area contributed by atoms with Crippen LogP contribution in [0.25, 0.3) is 22.1 Å². The third-order valence-electron chi connectivity index (χ3n) is 8.94. The van der Waals surface area contributed by atoms with Gasteiger partial charge in [0.1, 0.15) is 22.9 Å². The van der Waals surface area contributed by atoms with Gasteiger partial charge in [-0.2, -0.15) is 0 Å². The molecule has 0 spiro atoms. The lowest BCUT2D eigenvalue weighted by Crippen LogP contribution is -2.51. The standard InChI is InChI=1S/C32H31F3N4O5S/c1-6-19-11-22(32(35)16-31(4,5)45(41,42)15-17(32)2)30(36-13-19)43-20-12-23(18(3)40)39(14-20)29-26-25(37-28(38-29)27(33)34)21-9-7-8-10-24(21)44-26/h1,7-11,13,17,20,23,27H,12,14-16H2,2-5H3/t17-,20-,23-,32+/m0/s1. The molecular formula is C32H31F3N4O5S. The van der Waals surface area contributed by atoms with Gasteiger partial charge >= 0.3 is 0 Å². The van der Waals surface area contributed by atoms with E-state index in [1.54, 1.807) is 29.2 Å². The number of furan rings is 1. The molecule has 13 heteroatoms. The normalized spacial score (nSPS) is 25.9. The summed E-state index contributed by atoms with van der Waals surface area (Å²) < 4.78 is 81.7. The van der Waals surface area contributed by atoms with Crippen molar-refractivity contribution in [2.45, 2.75) is 69.5 Å². The molecule has 9 nitrogen and oxygen atoms in total. The highest BCUT2D eigenvalue weighted by molar-refractivity contribution is 7.92. The molecule has 0 aliphatic carbocycles. The summed E-state index contributed by atoms with van der Waals surface area (Å²) in [6, 6.07) is 7.46. The maximum absolute atomic E-state index is 17.1. The van der Waals surface area contributed by atoms with Gasteiger partial charge in [-0.3, -0.25) is 4.79 Å². The molecule has 0 amide bonds. The number of halogens is 3. The second kappa shape index (κ2) is 10.7. The summed E-state index contributed by atoms with van der Waals surface area (Å²) in [6.07, 6.45) is 2.98. The minimum absolute atomic E-state index is 0.00278. The Bertz CT molecular complexity index is 1990. The number of nitrogens with zero attached hydrogens (tertiary/aromatic N) is 4. The number of alkyl halides is 3. The van der Waals surface area contributed by atoms with Gasteiger partial charge in [-0.1, -0.05) is 25.0 Å². The largest absolute Gasteiger partial charge is 0.472 e. The highest BCUT2D eigenvalue weighted by Crippen LogP contribution is 2.51. The lowest BCUT2D eigenvalue weighted by atomic mass is 9.78. The zero-order valence-electron chi connectivity index (χ0n) is 25.1. The molecule has 0 N–H and O–H groups in total. The van der Waals surface area contributed by atoms with Crippen molar-refractivity contribution in [2.75, 3.05) is 17.2 Å². The molecule has 4 aromatic rings. The van der Waals surface area contributed by atoms with Crippen LogP contribution in [0.15, 0.2) is 40.9 Å². The molecule has 2 aliphatic heterocycles. The number of para-hydroxylation sites is 1. The predicted molar refractivity (Wildman–Crippen MR) is 162 cm³/mol. The van der Waals surface area contributed by atoms with Crippen LogP contribution in [0.5, 0.6) is 5.88 Å². The molecule has 45 heavy (non-hydrogen) atoms. The fraction of sp³-hybridized carbons (Fsp3) is 0.438. The minimum atomic E-state index is -3.59. The van der Waals surface area contributed by atoms with E-state index in [4.69, 9.17) is 15.6 Å². The number of terminal acetylenes is 1. The van der Waals surface area contributed by atoms with E-state index in [1.165, 1.54) is 40.0 Å². The third-order valence-corrected chi connectivity index (χ3v) is 11.7. The molecule has 0 bridgehead atoms. The van der Waals surface area contributed by atoms with Crippen molar-refractivity contribution in [3.05, 3.63) is 53.5 Å². The van der Waals surface area contributed by atoms with Crippen LogP contribution in [0.4, 0.5) is 19.0 Å². The Morgan fingerprint density at radius 3 is 2.67 bits per heavy atom. The molecule has 0 saturated carbocycles. The fourth-order valence-corrected chi connectivity index (χ4v) is 8.22. The molecule has 0 unspecified atom stereocenters. The van der Waals surface area contributed by atoms with Crippen LogP contribution >= 0.6 is 0 Å². The third kappa shape index (κ3) is 5.09. The van der Waals surface area contributed by atoms with Gasteiger partial charge in [0.25, 0.3) is 6.43 Å². The van der Waals surface area contributed by atoms with Gasteiger partial charge in [-0.25, -0.2) is 36.5 Å². The van der Waals surface area contributed by atoms with E-state index >= 15 is 4.39 Å². The smallest absolute Gasteiger partial charge is 0.297 e. The van der Waals surface area contributed by atoms with Crippen molar-refractivity contribution in [2.24, 2.45) is 5.92 Å². The Labute approximate surface area is 258 Å². The lowest BCUT2D eigenvalue weighted by molar-refractivity contribution is -0.118. The van der Waals surface area contributed by atoms with E-state index in [0.29, 0.717) is 11.0 Å². The average Bonchev–Trinajstić information content (AvgIpc) is 3.57. The molecule has 0 radical (unpaired) electrons. The van der Waals surface area contributed by atoms with Crippen LogP contribution in [-0.4, -0.2) is 58.3 Å². The number of hydrogen-bond acceptors (Lipinski definition) is 9. The van der Waals surface area contributed by atoms with Crippen molar-refractivity contribution in [1.82, 2.24) is 15.0 Å². The number of carbonyl (C=O) groups is 1. The number of pyridine rings is 1. The van der Waals surface area contributed by atoms with Crippen molar-refractivity contribution in [3.8, 4) is 18.2 Å². The van der Waals surface area contributed by atoms with Gasteiger partial charge < -0.3 is 14.1 Å². The molecule has 2 saturated heterocycles. The Kier molecular flexibility index (Phi) is 7.34. The summed E-state index contributed by atoms with van der Waals surface area (Å²) in [5, 5.41) is 0.520. The maximum Gasteiger partial charge on any atom is 0.297 e. The number of aromatic nitrogens is 3. The Morgan fingerprint density at radius 1 is 1.24 bits per heavy atom. The van der Waals surface area contributed by atoms with Gasteiger partial charge in [0.05, 0.1) is 28.6 Å². The van der Waals surface area contributed by atoms with Gasteiger partial charge in [-0.05, 0) is 39.0 Å². The fourth-order valence-electron chi connectivity index (χ4n) is 6.42. The van der Waals surface area contributed by atoms with Crippen molar-refractivity contribution < 1.29 is 35.5 Å². The first kappa shape index (κ1) is 30.8. The predicted octanol–water partition coefficient (Wildman–Crippen LogP) is 5.70. The van der Waals surface area contributed by atoms with Gasteiger partial charge in [-0.15, -0.1) is 6.42 Å². The summed E-state index contributed by atoms with van der Waals surface area (Å²) in [5.41, 5.74) is -1.09. The van der Waals surface area contributed by atoms with Crippen molar-refractivity contribution in [1.29, 1.82) is 0 Å². The van der Waals surface area contributed by atoms with Gasteiger partial charge in [0.2, 0.25) is 5.88 Å². The number of ketones is 1. The number of Topliss-reactive ketones (excluding diaryl/α,β-unsaturated/α-hetero) is 1. The second-order valence-electron chi connectivity index (χ2n) is 12.4. The van der Waals surface area contributed by atoms with Gasteiger partial charge in [0, 0.05) is 35.9 Å². The quantitative estimate of drug-likeness (QED) is 0.245. The zero-order valence-corrected chi connectivity index (χ0v) is 25.9. The summed E-state index contributed by atoms with van der Waals surface area (Å²) in [6.45, 7) is 5.88. The number of hydrogen-bond donors (Lipinski definition) is 0. The van der Waals surface area contributed by atoms with Gasteiger partial charge in [0.15, 0.2) is 32.8 Å². The monoisotopic (exact) mass is 640 g/mol. The SMILES string of the molecule is C#Cc1cnc(O[C@H]2C[C@@H](C(C)=O)N(c3nc(C(F)F)nc4c3oc3ccccc34)C2)c([C@@]2(F)CC(C)(C)S(=O)(=O)C[C@@H]2C)c1. The Hall–Kier alpha value is -4.18. The highest BCUT2D eigenvalue weighted by Gasteiger charge is 2.55.